The number of nitrogens with one attached hydrogen (secondary N) is 2. The van der Waals surface area contributed by atoms with Crippen LogP contribution in [0.25, 0.3) is 0 Å². The Morgan fingerprint density at radius 2 is 1.90 bits per heavy atom. The van der Waals surface area contributed by atoms with E-state index < -0.39 is 23.5 Å². The number of carboxylic acid groups (broad SMARTS) is 1. The molecule has 0 radical (unpaired) electrons. The van der Waals surface area contributed by atoms with E-state index in [1.165, 1.54) is 6.92 Å². The molecule has 0 fully saturated rings. The van der Waals surface area contributed by atoms with Gasteiger partial charge >= 0.3 is 5.97 Å². The van der Waals surface area contributed by atoms with Gasteiger partial charge in [0, 0.05) is 12.7 Å². The van der Waals surface area contributed by atoms with Crippen LogP contribution in [-0.4, -0.2) is 46.0 Å². The molecule has 0 aromatic heterocycles. The first-order valence-electron chi connectivity index (χ1n) is 6.66. The first-order valence-corrected chi connectivity index (χ1v) is 7.82. The molecule has 0 aliphatic heterocycles. The molecule has 7 heteroatoms. The quantitative estimate of drug-likeness (QED) is 0.542. The number of thioether (sulfide) groups is 1. The van der Waals surface area contributed by atoms with Crippen LogP contribution in [0.5, 0.6) is 0 Å². The lowest BCUT2D eigenvalue weighted by Crippen LogP contribution is -2.47. The number of terminal acetylenes is 1. The van der Waals surface area contributed by atoms with Crippen LogP contribution in [0.1, 0.15) is 33.6 Å². The number of aliphatic carboxylic acids is 1. The number of hydrogen-bond acceptors (Lipinski definition) is 4. The summed E-state index contributed by atoms with van der Waals surface area (Å²) >= 11 is 1.14. The molecular formula is C14H22N2O4S. The maximum atomic E-state index is 11.8. The lowest BCUT2D eigenvalue weighted by atomic mass is 9.94. The van der Waals surface area contributed by atoms with Crippen molar-refractivity contribution in [2.45, 2.75) is 45.2 Å². The minimum atomic E-state index is -1.13. The molecule has 2 amide bonds. The maximum Gasteiger partial charge on any atom is 0.327 e. The van der Waals surface area contributed by atoms with E-state index in [1.54, 1.807) is 0 Å². The van der Waals surface area contributed by atoms with E-state index >= 15 is 0 Å². The Bertz CT molecular complexity index is 427. The third-order valence-electron chi connectivity index (χ3n) is 3.06. The van der Waals surface area contributed by atoms with E-state index in [1.807, 2.05) is 13.8 Å². The molecule has 0 rings (SSSR count). The van der Waals surface area contributed by atoms with Crippen LogP contribution >= 0.6 is 11.8 Å². The van der Waals surface area contributed by atoms with Gasteiger partial charge in [-0.1, -0.05) is 19.8 Å². The Morgan fingerprint density at radius 1 is 1.33 bits per heavy atom. The summed E-state index contributed by atoms with van der Waals surface area (Å²) in [6.07, 6.45) is 6.70. The van der Waals surface area contributed by atoms with Gasteiger partial charge in [0.05, 0.1) is 5.75 Å². The number of rotatable bonds is 9. The van der Waals surface area contributed by atoms with Crippen molar-refractivity contribution in [1.82, 2.24) is 10.6 Å². The highest BCUT2D eigenvalue weighted by Gasteiger charge is 2.25. The second kappa shape index (κ2) is 9.29. The molecule has 0 saturated carbocycles. The Kier molecular flexibility index (Phi) is 8.55. The monoisotopic (exact) mass is 314 g/mol. The van der Waals surface area contributed by atoms with Gasteiger partial charge in [-0.2, -0.15) is 0 Å². The topological polar surface area (TPSA) is 95.5 Å². The van der Waals surface area contributed by atoms with E-state index in [0.717, 1.165) is 11.8 Å². The number of hydrogen-bond donors (Lipinski definition) is 3. The largest absolute Gasteiger partial charge is 0.480 e. The number of carboxylic acids is 1. The third kappa shape index (κ3) is 7.04. The molecule has 0 unspecified atom stereocenters. The van der Waals surface area contributed by atoms with Crippen LogP contribution in [0.4, 0.5) is 0 Å². The first-order chi connectivity index (χ1) is 9.80. The fraction of sp³-hybridized carbons (Fsp3) is 0.643. The van der Waals surface area contributed by atoms with Crippen LogP contribution in [0.3, 0.4) is 0 Å². The summed E-state index contributed by atoms with van der Waals surface area (Å²) < 4.78 is 0. The zero-order valence-corrected chi connectivity index (χ0v) is 13.4. The van der Waals surface area contributed by atoms with Crippen molar-refractivity contribution in [1.29, 1.82) is 0 Å². The molecule has 0 heterocycles. The molecule has 21 heavy (non-hydrogen) atoms. The van der Waals surface area contributed by atoms with Crippen molar-refractivity contribution < 1.29 is 19.5 Å². The first kappa shape index (κ1) is 19.3. The Balaban J connectivity index is 4.34. The van der Waals surface area contributed by atoms with E-state index in [0.29, 0.717) is 12.8 Å². The summed E-state index contributed by atoms with van der Waals surface area (Å²) in [7, 11) is 0. The second-order valence-electron chi connectivity index (χ2n) is 4.59. The molecule has 0 aliphatic rings. The van der Waals surface area contributed by atoms with Crippen LogP contribution < -0.4 is 10.6 Å². The predicted octanol–water partition coefficient (Wildman–Crippen LogP) is 0.617. The molecule has 0 bridgehead atoms. The van der Waals surface area contributed by atoms with Crippen molar-refractivity contribution >= 4 is 29.5 Å². The normalized spacial score (nSPS) is 12.1. The lowest BCUT2D eigenvalue weighted by molar-refractivity contribution is -0.140. The highest BCUT2D eigenvalue weighted by molar-refractivity contribution is 8.00. The Labute approximate surface area is 129 Å². The van der Waals surface area contributed by atoms with Gasteiger partial charge in [-0.15, -0.1) is 18.2 Å². The van der Waals surface area contributed by atoms with E-state index in [4.69, 9.17) is 11.5 Å². The standard InChI is InChI=1S/C14H22N2O4S/c1-5-14(6-2,7-3)16-12(18)9-21-8-11(13(19)20)15-10(4)17/h1,11H,6-9H2,2-4H3,(H,15,17)(H,16,18)(H,19,20)/t11-/m0/s1. The molecule has 1 atom stereocenters. The van der Waals surface area contributed by atoms with Gasteiger partial charge in [0.15, 0.2) is 0 Å². The minimum Gasteiger partial charge on any atom is -0.480 e. The molecule has 0 aliphatic carbocycles. The Morgan fingerprint density at radius 3 is 2.29 bits per heavy atom. The zero-order valence-electron chi connectivity index (χ0n) is 12.6. The minimum absolute atomic E-state index is 0.0901. The summed E-state index contributed by atoms with van der Waals surface area (Å²) in [4.78, 5) is 33.6. The number of carbonyl (C=O) groups excluding carboxylic acids is 2. The summed E-state index contributed by atoms with van der Waals surface area (Å²) in [6, 6.07) is -1.00. The van der Waals surface area contributed by atoms with Crippen molar-refractivity contribution in [3.8, 4) is 12.3 Å². The van der Waals surface area contributed by atoms with Gasteiger partial charge in [-0.3, -0.25) is 9.59 Å². The highest BCUT2D eigenvalue weighted by atomic mass is 32.2. The van der Waals surface area contributed by atoms with E-state index in [9.17, 15) is 14.4 Å². The van der Waals surface area contributed by atoms with Crippen molar-refractivity contribution in [2.24, 2.45) is 0 Å². The molecule has 6 nitrogen and oxygen atoms in total. The molecule has 118 valence electrons. The summed E-state index contributed by atoms with van der Waals surface area (Å²) in [5, 5.41) is 14.0. The van der Waals surface area contributed by atoms with Gasteiger partial charge in [0.1, 0.15) is 11.6 Å². The van der Waals surface area contributed by atoms with Gasteiger partial charge < -0.3 is 15.7 Å². The van der Waals surface area contributed by atoms with Gasteiger partial charge in [-0.05, 0) is 12.8 Å². The predicted molar refractivity (Wildman–Crippen MR) is 82.9 cm³/mol. The van der Waals surface area contributed by atoms with Crippen LogP contribution in [-0.2, 0) is 14.4 Å². The molecule has 0 saturated heterocycles. The van der Waals surface area contributed by atoms with Crippen LogP contribution in [0.15, 0.2) is 0 Å². The molecular weight excluding hydrogens is 292 g/mol. The second-order valence-corrected chi connectivity index (χ2v) is 5.62. The average Bonchev–Trinajstić information content (AvgIpc) is 2.43. The summed E-state index contributed by atoms with van der Waals surface area (Å²) in [6.45, 7) is 5.04. The van der Waals surface area contributed by atoms with Gasteiger partial charge in [-0.25, -0.2) is 4.79 Å². The fourth-order valence-electron chi connectivity index (χ4n) is 1.66. The van der Waals surface area contributed by atoms with Crippen LogP contribution in [0.2, 0.25) is 0 Å². The van der Waals surface area contributed by atoms with Crippen molar-refractivity contribution in [2.75, 3.05) is 11.5 Å². The van der Waals surface area contributed by atoms with Crippen LogP contribution in [0, 0.1) is 12.3 Å². The Hall–Kier alpha value is -1.68. The maximum absolute atomic E-state index is 11.8. The van der Waals surface area contributed by atoms with Gasteiger partial charge in [0.25, 0.3) is 0 Å². The number of carbonyl (C=O) groups is 3. The number of amides is 2. The van der Waals surface area contributed by atoms with Crippen molar-refractivity contribution in [3.05, 3.63) is 0 Å². The zero-order chi connectivity index (χ0) is 16.5. The summed E-state index contributed by atoms with van der Waals surface area (Å²) in [5.41, 5.74) is -0.651. The third-order valence-corrected chi connectivity index (χ3v) is 4.09. The molecule has 0 aromatic rings. The molecule has 0 aromatic carbocycles. The molecule has 3 N–H and O–H groups in total. The highest BCUT2D eigenvalue weighted by Crippen LogP contribution is 2.14. The van der Waals surface area contributed by atoms with Crippen molar-refractivity contribution in [3.63, 3.8) is 0 Å². The van der Waals surface area contributed by atoms with Gasteiger partial charge in [0.2, 0.25) is 11.8 Å². The lowest BCUT2D eigenvalue weighted by Gasteiger charge is -2.27. The molecule has 0 spiro atoms. The SMILES string of the molecule is C#CC(CC)(CC)NC(=O)CSC[C@H](NC(C)=O)C(=O)O. The fourth-order valence-corrected chi connectivity index (χ4v) is 2.50. The average molecular weight is 314 g/mol. The van der Waals surface area contributed by atoms with E-state index in [-0.39, 0.29) is 17.4 Å². The summed E-state index contributed by atoms with van der Waals surface area (Å²) in [5.74, 6) is 1.01. The van der Waals surface area contributed by atoms with E-state index in [2.05, 4.69) is 16.6 Å². The smallest absolute Gasteiger partial charge is 0.327 e.